The third-order valence-corrected chi connectivity index (χ3v) is 4.61. The fourth-order valence-electron chi connectivity index (χ4n) is 3.12. The van der Waals surface area contributed by atoms with Gasteiger partial charge in [-0.05, 0) is 18.6 Å². The number of benzene rings is 2. The van der Waals surface area contributed by atoms with Crippen molar-refractivity contribution < 1.29 is 38.0 Å². The van der Waals surface area contributed by atoms with E-state index in [1.165, 1.54) is 14.2 Å². The lowest BCUT2D eigenvalue weighted by molar-refractivity contribution is -0.148. The summed E-state index contributed by atoms with van der Waals surface area (Å²) in [6.07, 6.45) is 1.00. The number of ether oxygens (including phenoxy) is 6. The van der Waals surface area contributed by atoms with E-state index in [9.17, 15) is 9.59 Å². The maximum absolute atomic E-state index is 11.6. The molecule has 2 aromatic carbocycles. The second-order valence-electron chi connectivity index (χ2n) is 7.12. The van der Waals surface area contributed by atoms with Gasteiger partial charge in [0.2, 0.25) is 0 Å². The lowest BCUT2D eigenvalue weighted by Gasteiger charge is -2.20. The lowest BCUT2D eigenvalue weighted by atomic mass is 10.1. The van der Waals surface area contributed by atoms with Gasteiger partial charge in [0.05, 0.1) is 13.2 Å². The first-order valence-electron chi connectivity index (χ1n) is 10.3. The molecule has 0 aliphatic heterocycles. The van der Waals surface area contributed by atoms with Crippen molar-refractivity contribution in [3.8, 4) is 11.5 Å². The van der Waals surface area contributed by atoms with Gasteiger partial charge >= 0.3 is 11.9 Å². The molecule has 0 fully saturated rings. The minimum Gasteiger partial charge on any atom is -0.489 e. The van der Waals surface area contributed by atoms with Gasteiger partial charge in [0, 0.05) is 37.1 Å². The van der Waals surface area contributed by atoms with Crippen LogP contribution in [0.1, 0.15) is 5.56 Å². The summed E-state index contributed by atoms with van der Waals surface area (Å²) in [4.78, 5) is 23.1. The highest BCUT2D eigenvalue weighted by Crippen LogP contribution is 2.35. The highest BCUT2D eigenvalue weighted by Gasteiger charge is 2.18. The van der Waals surface area contributed by atoms with Crippen LogP contribution in [0.5, 0.6) is 11.5 Å². The standard InChI is InChI=1S/C25H30O8/c1-6-23(26)32-18(13-28-4)15-30-22-10-8-9-21-20(22)12-11-17(3)25(21)31-16-19(14-29-5)33-24(27)7-2/h6-12,18-19H,1-2,13-16H2,3-5H3. The molecule has 2 atom stereocenters. The molecule has 0 saturated heterocycles. The van der Waals surface area contributed by atoms with Gasteiger partial charge in [-0.15, -0.1) is 0 Å². The summed E-state index contributed by atoms with van der Waals surface area (Å²) in [7, 11) is 3.03. The Morgan fingerprint density at radius 1 is 0.818 bits per heavy atom. The summed E-state index contributed by atoms with van der Waals surface area (Å²) in [6, 6.07) is 9.42. The Kier molecular flexibility index (Phi) is 10.4. The molecule has 0 heterocycles. The Morgan fingerprint density at radius 2 is 1.39 bits per heavy atom. The van der Waals surface area contributed by atoms with E-state index in [4.69, 9.17) is 28.4 Å². The highest BCUT2D eigenvalue weighted by molar-refractivity contribution is 5.94. The topological polar surface area (TPSA) is 89.5 Å². The molecule has 0 amide bonds. The molecule has 0 radical (unpaired) electrons. The monoisotopic (exact) mass is 458 g/mol. The Hall–Kier alpha value is -3.36. The molecule has 0 aliphatic carbocycles. The van der Waals surface area contributed by atoms with Gasteiger partial charge in [-0.2, -0.15) is 0 Å². The molecular formula is C25H30O8. The third kappa shape index (κ3) is 7.62. The summed E-state index contributed by atoms with van der Waals surface area (Å²) in [5.74, 6) is 0.140. The molecule has 0 bridgehead atoms. The highest BCUT2D eigenvalue weighted by atomic mass is 16.6. The quantitative estimate of drug-likeness (QED) is 0.314. The fourth-order valence-corrected chi connectivity index (χ4v) is 3.12. The van der Waals surface area contributed by atoms with Gasteiger partial charge in [0.25, 0.3) is 0 Å². The predicted molar refractivity (Wildman–Crippen MR) is 124 cm³/mol. The van der Waals surface area contributed by atoms with Crippen molar-refractivity contribution in [2.45, 2.75) is 19.1 Å². The summed E-state index contributed by atoms with van der Waals surface area (Å²) in [6.45, 7) is 9.30. The Labute approximate surface area is 193 Å². The molecule has 2 rings (SSSR count). The van der Waals surface area contributed by atoms with E-state index in [1.54, 1.807) is 0 Å². The maximum Gasteiger partial charge on any atom is 0.330 e. The molecule has 8 heteroatoms. The zero-order valence-electron chi connectivity index (χ0n) is 19.2. The van der Waals surface area contributed by atoms with Crippen molar-refractivity contribution in [1.82, 2.24) is 0 Å². The smallest absolute Gasteiger partial charge is 0.330 e. The van der Waals surface area contributed by atoms with Crippen LogP contribution in [-0.4, -0.2) is 64.8 Å². The van der Waals surface area contributed by atoms with Gasteiger partial charge in [-0.25, -0.2) is 9.59 Å². The number of aryl methyl sites for hydroxylation is 1. The number of hydrogen-bond donors (Lipinski definition) is 0. The van der Waals surface area contributed by atoms with Gasteiger partial charge in [0.15, 0.2) is 12.2 Å². The van der Waals surface area contributed by atoms with E-state index in [2.05, 4.69) is 13.2 Å². The van der Waals surface area contributed by atoms with E-state index in [0.717, 1.165) is 28.5 Å². The Balaban J connectivity index is 2.23. The molecule has 33 heavy (non-hydrogen) atoms. The van der Waals surface area contributed by atoms with Crippen LogP contribution in [0.4, 0.5) is 0 Å². The molecule has 178 valence electrons. The minimum atomic E-state index is -0.594. The van der Waals surface area contributed by atoms with Crippen molar-refractivity contribution in [3.63, 3.8) is 0 Å². The summed E-state index contributed by atoms with van der Waals surface area (Å²) < 4.78 is 32.8. The number of carbonyl (C=O) groups is 2. The molecule has 8 nitrogen and oxygen atoms in total. The van der Waals surface area contributed by atoms with Crippen molar-refractivity contribution in [3.05, 3.63) is 61.2 Å². The van der Waals surface area contributed by atoms with Crippen LogP contribution in [0.15, 0.2) is 55.6 Å². The maximum atomic E-state index is 11.6. The number of methoxy groups -OCH3 is 2. The number of esters is 2. The van der Waals surface area contributed by atoms with E-state index in [-0.39, 0.29) is 26.4 Å². The van der Waals surface area contributed by atoms with Crippen LogP contribution >= 0.6 is 0 Å². The van der Waals surface area contributed by atoms with Crippen molar-refractivity contribution in [1.29, 1.82) is 0 Å². The van der Waals surface area contributed by atoms with Crippen LogP contribution in [0.25, 0.3) is 10.8 Å². The second-order valence-corrected chi connectivity index (χ2v) is 7.12. The first-order valence-corrected chi connectivity index (χ1v) is 10.3. The van der Waals surface area contributed by atoms with Crippen LogP contribution in [-0.2, 0) is 28.5 Å². The summed E-state index contributed by atoms with van der Waals surface area (Å²) >= 11 is 0. The normalized spacial score (nSPS) is 12.5. The van der Waals surface area contributed by atoms with Gasteiger partial charge in [0.1, 0.15) is 24.7 Å². The number of fused-ring (bicyclic) bond motifs is 1. The zero-order valence-corrected chi connectivity index (χ0v) is 19.2. The molecule has 2 unspecified atom stereocenters. The van der Waals surface area contributed by atoms with Crippen molar-refractivity contribution in [2.75, 3.05) is 40.6 Å². The van der Waals surface area contributed by atoms with Gasteiger partial charge in [-0.1, -0.05) is 37.4 Å². The average molecular weight is 459 g/mol. The molecule has 0 saturated carbocycles. The van der Waals surface area contributed by atoms with Crippen molar-refractivity contribution in [2.24, 2.45) is 0 Å². The molecule has 2 aromatic rings. The number of hydrogen-bond acceptors (Lipinski definition) is 8. The molecule has 0 spiro atoms. The minimum absolute atomic E-state index is 0.101. The van der Waals surface area contributed by atoms with E-state index < -0.39 is 24.1 Å². The zero-order chi connectivity index (χ0) is 24.2. The summed E-state index contributed by atoms with van der Waals surface area (Å²) in [5, 5.41) is 1.64. The SMILES string of the molecule is C=CC(=O)OC(COC)COc1cccc2c(OCC(COC)OC(=O)C=C)c(C)ccc12. The number of rotatable bonds is 14. The average Bonchev–Trinajstić information content (AvgIpc) is 2.81. The first-order chi connectivity index (χ1) is 15.9. The predicted octanol–water partition coefficient (Wildman–Crippen LogP) is 3.39. The van der Waals surface area contributed by atoms with Crippen LogP contribution in [0, 0.1) is 6.92 Å². The Bertz CT molecular complexity index is 968. The fraction of sp³-hybridized carbons (Fsp3) is 0.360. The van der Waals surface area contributed by atoms with E-state index in [0.29, 0.717) is 11.5 Å². The molecule has 0 N–H and O–H groups in total. The molecule has 0 aromatic heterocycles. The molecular weight excluding hydrogens is 428 g/mol. The lowest BCUT2D eigenvalue weighted by Crippen LogP contribution is -2.29. The Morgan fingerprint density at radius 3 is 1.94 bits per heavy atom. The van der Waals surface area contributed by atoms with Crippen molar-refractivity contribution >= 4 is 22.7 Å². The number of carbonyl (C=O) groups excluding carboxylic acids is 2. The van der Waals surface area contributed by atoms with Gasteiger partial charge in [-0.3, -0.25) is 0 Å². The first kappa shape index (κ1) is 25.9. The second kappa shape index (κ2) is 13.2. The molecule has 0 aliphatic rings. The van der Waals surface area contributed by atoms with E-state index in [1.807, 2.05) is 37.3 Å². The van der Waals surface area contributed by atoms with Gasteiger partial charge < -0.3 is 28.4 Å². The van der Waals surface area contributed by atoms with Crippen LogP contribution in [0.3, 0.4) is 0 Å². The van der Waals surface area contributed by atoms with E-state index >= 15 is 0 Å². The largest absolute Gasteiger partial charge is 0.489 e. The third-order valence-electron chi connectivity index (χ3n) is 4.61. The van der Waals surface area contributed by atoms with Crippen LogP contribution in [0.2, 0.25) is 0 Å². The summed E-state index contributed by atoms with van der Waals surface area (Å²) in [5.41, 5.74) is 0.906. The van der Waals surface area contributed by atoms with Crippen LogP contribution < -0.4 is 9.47 Å².